The average molecular weight is 484 g/mol. The van der Waals surface area contributed by atoms with Crippen LogP contribution in [-0.2, 0) is 24.8 Å². The molecular weight excluding hydrogens is 454 g/mol. The number of benzene rings is 1. The van der Waals surface area contributed by atoms with Crippen molar-refractivity contribution in [1.82, 2.24) is 24.5 Å². The first kappa shape index (κ1) is 22.9. The van der Waals surface area contributed by atoms with Crippen molar-refractivity contribution in [2.45, 2.75) is 38.6 Å². The lowest BCUT2D eigenvalue weighted by atomic mass is 9.95. The Morgan fingerprint density at radius 2 is 1.68 bits per heavy atom. The number of hydrogen-bond acceptors (Lipinski definition) is 4. The summed E-state index contributed by atoms with van der Waals surface area (Å²) < 4.78 is 1.76. The number of carbonyl (C=O) groups is 3. The zero-order valence-electron chi connectivity index (χ0n) is 19.5. The molecule has 8 nitrogen and oxygen atoms in total. The number of halogens is 1. The first-order valence-corrected chi connectivity index (χ1v) is 12.5. The maximum absolute atomic E-state index is 13.6. The Morgan fingerprint density at radius 1 is 0.941 bits per heavy atom. The molecule has 0 bridgehead atoms. The highest BCUT2D eigenvalue weighted by Gasteiger charge is 2.36. The molecule has 0 N–H and O–H groups in total. The van der Waals surface area contributed by atoms with Gasteiger partial charge in [-0.1, -0.05) is 23.7 Å². The summed E-state index contributed by atoms with van der Waals surface area (Å²) in [7, 11) is 1.84. The lowest BCUT2D eigenvalue weighted by Gasteiger charge is -2.34. The number of likely N-dealkylation sites (tertiary alicyclic amines) is 2. The van der Waals surface area contributed by atoms with Crippen molar-refractivity contribution < 1.29 is 14.4 Å². The fraction of sp³-hybridized carbons (Fsp3) is 0.520. The van der Waals surface area contributed by atoms with Crippen molar-refractivity contribution in [3.05, 3.63) is 51.8 Å². The van der Waals surface area contributed by atoms with Gasteiger partial charge in [-0.25, -0.2) is 0 Å². The lowest BCUT2D eigenvalue weighted by molar-refractivity contribution is -0.135. The molecule has 3 amide bonds. The van der Waals surface area contributed by atoms with E-state index in [9.17, 15) is 14.4 Å². The number of nitrogens with zero attached hydrogens (tertiary/aromatic N) is 5. The van der Waals surface area contributed by atoms with E-state index in [-0.39, 0.29) is 23.6 Å². The number of piperidine rings is 1. The van der Waals surface area contributed by atoms with Crippen LogP contribution in [0, 0.1) is 5.92 Å². The number of fused-ring (bicyclic) bond motifs is 1. The molecule has 3 aliphatic heterocycles. The van der Waals surface area contributed by atoms with Crippen molar-refractivity contribution >= 4 is 29.3 Å². The van der Waals surface area contributed by atoms with Crippen molar-refractivity contribution in [3.63, 3.8) is 0 Å². The van der Waals surface area contributed by atoms with Crippen LogP contribution >= 0.6 is 11.6 Å². The van der Waals surface area contributed by atoms with Gasteiger partial charge in [0, 0.05) is 57.4 Å². The summed E-state index contributed by atoms with van der Waals surface area (Å²) in [5.74, 6) is -0.265. The fourth-order valence-corrected chi connectivity index (χ4v) is 5.67. The van der Waals surface area contributed by atoms with E-state index in [1.807, 2.05) is 11.9 Å². The number of aryl methyl sites for hydroxylation is 1. The van der Waals surface area contributed by atoms with E-state index in [1.54, 1.807) is 38.7 Å². The molecule has 3 aliphatic rings. The predicted molar refractivity (Wildman–Crippen MR) is 128 cm³/mol. The largest absolute Gasteiger partial charge is 0.342 e. The molecule has 0 spiro atoms. The third-order valence-electron chi connectivity index (χ3n) is 7.31. The van der Waals surface area contributed by atoms with Crippen LogP contribution in [0.25, 0.3) is 0 Å². The highest BCUT2D eigenvalue weighted by Crippen LogP contribution is 2.28. The standard InChI is InChI=1S/C25H30ClN5O3/c1-28-21-10-14-31(24(33)18-8-2-3-9-20(18)26)16-19(21)22(27-28)25(34)30-13-6-7-17(15-30)23(32)29-11-4-5-12-29/h2-3,8-9,17H,4-7,10-16H2,1H3/t17-/m0/s1. The summed E-state index contributed by atoms with van der Waals surface area (Å²) in [6.45, 7) is 3.56. The Labute approximate surface area is 204 Å². The zero-order chi connectivity index (χ0) is 23.8. The Hall–Kier alpha value is -2.87. The van der Waals surface area contributed by atoms with Crippen LogP contribution in [0.15, 0.2) is 24.3 Å². The number of hydrogen-bond donors (Lipinski definition) is 0. The Morgan fingerprint density at radius 3 is 2.44 bits per heavy atom. The van der Waals surface area contributed by atoms with Crippen LogP contribution in [0.1, 0.15) is 57.8 Å². The summed E-state index contributed by atoms with van der Waals surface area (Å²) in [5.41, 5.74) is 2.63. The highest BCUT2D eigenvalue weighted by atomic mass is 35.5. The fourth-order valence-electron chi connectivity index (χ4n) is 5.45. The van der Waals surface area contributed by atoms with Gasteiger partial charge in [0.05, 0.1) is 23.0 Å². The summed E-state index contributed by atoms with van der Waals surface area (Å²) in [5, 5.41) is 4.98. The second-order valence-electron chi connectivity index (χ2n) is 9.48. The van der Waals surface area contributed by atoms with Crippen LogP contribution in [0.2, 0.25) is 5.02 Å². The molecule has 0 saturated carbocycles. The smallest absolute Gasteiger partial charge is 0.274 e. The summed E-state index contributed by atoms with van der Waals surface area (Å²) in [6.07, 6.45) is 4.37. The topological polar surface area (TPSA) is 78.8 Å². The molecule has 4 heterocycles. The van der Waals surface area contributed by atoms with Crippen molar-refractivity contribution in [2.24, 2.45) is 13.0 Å². The van der Waals surface area contributed by atoms with Gasteiger partial charge in [-0.05, 0) is 37.8 Å². The summed E-state index contributed by atoms with van der Waals surface area (Å²) >= 11 is 6.26. The van der Waals surface area contributed by atoms with E-state index in [2.05, 4.69) is 5.10 Å². The second-order valence-corrected chi connectivity index (χ2v) is 9.88. The van der Waals surface area contributed by atoms with Gasteiger partial charge in [-0.15, -0.1) is 0 Å². The molecule has 5 rings (SSSR count). The zero-order valence-corrected chi connectivity index (χ0v) is 20.3. The number of carbonyl (C=O) groups excluding carboxylic acids is 3. The minimum Gasteiger partial charge on any atom is -0.342 e. The van der Waals surface area contributed by atoms with Crippen molar-refractivity contribution in [2.75, 3.05) is 32.7 Å². The molecule has 1 aromatic carbocycles. The first-order chi connectivity index (χ1) is 16.4. The quantitative estimate of drug-likeness (QED) is 0.672. The van der Waals surface area contributed by atoms with Gasteiger partial charge >= 0.3 is 0 Å². The predicted octanol–water partition coefficient (Wildman–Crippen LogP) is 2.75. The molecule has 1 aromatic heterocycles. The molecule has 180 valence electrons. The molecule has 2 saturated heterocycles. The molecule has 0 aliphatic carbocycles. The van der Waals surface area contributed by atoms with Crippen LogP contribution in [0.4, 0.5) is 0 Å². The second kappa shape index (κ2) is 9.41. The number of amides is 3. The molecule has 2 fully saturated rings. The third kappa shape index (κ3) is 4.19. The maximum Gasteiger partial charge on any atom is 0.274 e. The number of aromatic nitrogens is 2. The first-order valence-electron chi connectivity index (χ1n) is 12.1. The van der Waals surface area contributed by atoms with E-state index in [4.69, 9.17) is 11.6 Å². The average Bonchev–Trinajstić information content (AvgIpc) is 3.51. The molecule has 2 aromatic rings. The van der Waals surface area contributed by atoms with Gasteiger partial charge in [0.2, 0.25) is 5.91 Å². The maximum atomic E-state index is 13.6. The SMILES string of the molecule is Cn1nc(C(=O)N2CCC[C@H](C(=O)N3CCCC3)C2)c2c1CCN(C(=O)c1ccccc1Cl)C2. The Bertz CT molecular complexity index is 1120. The molecule has 34 heavy (non-hydrogen) atoms. The van der Waals surface area contributed by atoms with Gasteiger partial charge in [0.15, 0.2) is 5.69 Å². The van der Waals surface area contributed by atoms with Crippen molar-refractivity contribution in [1.29, 1.82) is 0 Å². The van der Waals surface area contributed by atoms with Gasteiger partial charge in [0.25, 0.3) is 11.8 Å². The molecule has 1 atom stereocenters. The molecule has 0 unspecified atom stereocenters. The van der Waals surface area contributed by atoms with Crippen LogP contribution in [0.5, 0.6) is 0 Å². The highest BCUT2D eigenvalue weighted by molar-refractivity contribution is 6.33. The summed E-state index contributed by atoms with van der Waals surface area (Å²) in [4.78, 5) is 45.1. The van der Waals surface area contributed by atoms with E-state index >= 15 is 0 Å². The van der Waals surface area contributed by atoms with Crippen LogP contribution in [0.3, 0.4) is 0 Å². The van der Waals surface area contributed by atoms with Crippen LogP contribution in [-0.4, -0.2) is 74.9 Å². The van der Waals surface area contributed by atoms with Gasteiger partial charge < -0.3 is 14.7 Å². The van der Waals surface area contributed by atoms with E-state index in [0.29, 0.717) is 48.9 Å². The summed E-state index contributed by atoms with van der Waals surface area (Å²) in [6, 6.07) is 7.02. The van der Waals surface area contributed by atoms with E-state index in [0.717, 1.165) is 50.0 Å². The Balaban J connectivity index is 1.34. The normalized spacial score (nSPS) is 20.4. The molecular formula is C25H30ClN5O3. The van der Waals surface area contributed by atoms with Gasteiger partial charge in [0.1, 0.15) is 0 Å². The van der Waals surface area contributed by atoms with E-state index < -0.39 is 0 Å². The van der Waals surface area contributed by atoms with Gasteiger partial charge in [-0.3, -0.25) is 19.1 Å². The third-order valence-corrected chi connectivity index (χ3v) is 7.64. The monoisotopic (exact) mass is 483 g/mol. The number of rotatable bonds is 3. The van der Waals surface area contributed by atoms with Gasteiger partial charge in [-0.2, -0.15) is 5.10 Å². The minimum absolute atomic E-state index is 0.145. The lowest BCUT2D eigenvalue weighted by Crippen LogP contribution is -2.46. The molecule has 9 heteroatoms. The van der Waals surface area contributed by atoms with Crippen molar-refractivity contribution in [3.8, 4) is 0 Å². The van der Waals surface area contributed by atoms with E-state index in [1.165, 1.54) is 0 Å². The minimum atomic E-state index is -0.150. The molecule has 0 radical (unpaired) electrons. The van der Waals surface area contributed by atoms with Crippen LogP contribution < -0.4 is 0 Å². The Kier molecular flexibility index (Phi) is 6.34.